The van der Waals surface area contributed by atoms with E-state index in [2.05, 4.69) is 6.92 Å². The van der Waals surface area contributed by atoms with Crippen molar-refractivity contribution in [1.29, 1.82) is 0 Å². The highest BCUT2D eigenvalue weighted by Crippen LogP contribution is 2.28. The highest BCUT2D eigenvalue weighted by molar-refractivity contribution is 5.82. The van der Waals surface area contributed by atoms with Crippen LogP contribution in [0.5, 0.6) is 5.75 Å². The SMILES string of the molecule is CC=CC(=O)O[C@H]1CC[C@H](C(=O)Oc2ccc(CCC)cc2)CC1. The molecule has 4 heteroatoms. The standard InChI is InChI=1S/C20H26O4/c1-3-5-15-7-11-18(12-8-15)24-20(22)16-9-13-17(14-10-16)23-19(21)6-4-2/h4,6-8,11-12,16-17H,3,5,9-10,13-14H2,1-2H3/t16-,17-. The summed E-state index contributed by atoms with van der Waals surface area (Å²) in [7, 11) is 0. The van der Waals surface area contributed by atoms with Crippen molar-refractivity contribution in [2.45, 2.75) is 58.5 Å². The second-order valence-corrected chi connectivity index (χ2v) is 6.23. The van der Waals surface area contributed by atoms with Gasteiger partial charge in [-0.1, -0.05) is 31.6 Å². The average molecular weight is 330 g/mol. The first kappa shape index (κ1) is 18.2. The number of aryl methyl sites for hydroxylation is 1. The summed E-state index contributed by atoms with van der Waals surface area (Å²) in [6.45, 7) is 3.92. The lowest BCUT2D eigenvalue weighted by atomic mass is 9.87. The number of hydrogen-bond donors (Lipinski definition) is 0. The number of esters is 2. The van der Waals surface area contributed by atoms with Gasteiger partial charge < -0.3 is 9.47 Å². The highest BCUT2D eigenvalue weighted by atomic mass is 16.5. The summed E-state index contributed by atoms with van der Waals surface area (Å²) in [5.74, 6) is -0.00866. The summed E-state index contributed by atoms with van der Waals surface area (Å²) >= 11 is 0. The van der Waals surface area contributed by atoms with Gasteiger partial charge >= 0.3 is 11.9 Å². The summed E-state index contributed by atoms with van der Waals surface area (Å²) in [4.78, 5) is 23.7. The number of benzene rings is 1. The maximum Gasteiger partial charge on any atom is 0.330 e. The molecule has 1 aromatic carbocycles. The van der Waals surface area contributed by atoms with Crippen molar-refractivity contribution in [2.75, 3.05) is 0 Å². The van der Waals surface area contributed by atoms with E-state index in [1.807, 2.05) is 24.3 Å². The van der Waals surface area contributed by atoms with Crippen LogP contribution < -0.4 is 4.74 Å². The van der Waals surface area contributed by atoms with E-state index in [1.54, 1.807) is 13.0 Å². The minimum Gasteiger partial charge on any atom is -0.459 e. The van der Waals surface area contributed by atoms with E-state index < -0.39 is 0 Å². The fourth-order valence-corrected chi connectivity index (χ4v) is 2.97. The van der Waals surface area contributed by atoms with Crippen molar-refractivity contribution in [3.63, 3.8) is 0 Å². The van der Waals surface area contributed by atoms with Crippen LogP contribution in [0.25, 0.3) is 0 Å². The molecule has 0 radical (unpaired) electrons. The van der Waals surface area contributed by atoms with Gasteiger partial charge in [0, 0.05) is 6.08 Å². The third-order valence-corrected chi connectivity index (χ3v) is 4.27. The Morgan fingerprint density at radius 2 is 1.79 bits per heavy atom. The first-order valence-corrected chi connectivity index (χ1v) is 8.76. The largest absolute Gasteiger partial charge is 0.459 e. The van der Waals surface area contributed by atoms with Crippen LogP contribution in [0.15, 0.2) is 36.4 Å². The molecule has 0 heterocycles. The van der Waals surface area contributed by atoms with Crippen LogP contribution in [0, 0.1) is 5.92 Å². The van der Waals surface area contributed by atoms with E-state index in [-0.39, 0.29) is 24.0 Å². The number of rotatable bonds is 6. The Morgan fingerprint density at radius 1 is 1.12 bits per heavy atom. The van der Waals surface area contributed by atoms with Crippen LogP contribution in [0.4, 0.5) is 0 Å². The third-order valence-electron chi connectivity index (χ3n) is 4.27. The zero-order chi connectivity index (χ0) is 17.4. The van der Waals surface area contributed by atoms with Gasteiger partial charge in [-0.25, -0.2) is 4.79 Å². The molecule has 0 saturated heterocycles. The summed E-state index contributed by atoms with van der Waals surface area (Å²) < 4.78 is 10.8. The molecule has 2 rings (SSSR count). The predicted molar refractivity (Wildman–Crippen MR) is 92.7 cm³/mol. The molecular formula is C20H26O4. The molecule has 24 heavy (non-hydrogen) atoms. The Hall–Kier alpha value is -2.10. The van der Waals surface area contributed by atoms with Crippen molar-refractivity contribution in [3.8, 4) is 5.75 Å². The first-order valence-electron chi connectivity index (χ1n) is 8.76. The minimum absolute atomic E-state index is 0.0916. The maximum absolute atomic E-state index is 12.3. The fraction of sp³-hybridized carbons (Fsp3) is 0.500. The van der Waals surface area contributed by atoms with Crippen LogP contribution in [0.1, 0.15) is 51.5 Å². The van der Waals surface area contributed by atoms with Gasteiger partial charge in [-0.15, -0.1) is 0 Å². The number of allylic oxidation sites excluding steroid dienone is 1. The van der Waals surface area contributed by atoms with E-state index in [9.17, 15) is 9.59 Å². The molecule has 1 aliphatic carbocycles. The number of ether oxygens (including phenoxy) is 2. The van der Waals surface area contributed by atoms with Gasteiger partial charge in [0.05, 0.1) is 5.92 Å². The zero-order valence-electron chi connectivity index (χ0n) is 14.5. The van der Waals surface area contributed by atoms with Gasteiger partial charge in [-0.2, -0.15) is 0 Å². The molecular weight excluding hydrogens is 304 g/mol. The Kier molecular flexibility index (Phi) is 7.04. The van der Waals surface area contributed by atoms with E-state index in [0.717, 1.165) is 12.8 Å². The Labute approximate surface area is 143 Å². The molecule has 1 saturated carbocycles. The smallest absolute Gasteiger partial charge is 0.330 e. The van der Waals surface area contributed by atoms with Crippen molar-refractivity contribution in [1.82, 2.24) is 0 Å². The van der Waals surface area contributed by atoms with E-state index >= 15 is 0 Å². The van der Waals surface area contributed by atoms with E-state index in [1.165, 1.54) is 11.6 Å². The number of carbonyl (C=O) groups is 2. The molecule has 0 N–H and O–H groups in total. The lowest BCUT2D eigenvalue weighted by Gasteiger charge is -2.26. The quantitative estimate of drug-likeness (QED) is 0.445. The van der Waals surface area contributed by atoms with Crippen LogP contribution in [-0.4, -0.2) is 18.0 Å². The van der Waals surface area contributed by atoms with Gasteiger partial charge in [0.15, 0.2) is 0 Å². The molecule has 1 fully saturated rings. The minimum atomic E-state index is -0.310. The highest BCUT2D eigenvalue weighted by Gasteiger charge is 2.29. The van der Waals surface area contributed by atoms with Crippen LogP contribution in [0.2, 0.25) is 0 Å². The molecule has 1 aromatic rings. The fourth-order valence-electron chi connectivity index (χ4n) is 2.97. The molecule has 0 bridgehead atoms. The summed E-state index contributed by atoms with van der Waals surface area (Å²) in [6, 6.07) is 7.72. The van der Waals surface area contributed by atoms with Crippen molar-refractivity contribution < 1.29 is 19.1 Å². The van der Waals surface area contributed by atoms with Crippen LogP contribution >= 0.6 is 0 Å². The lowest BCUT2D eigenvalue weighted by Crippen LogP contribution is -2.29. The van der Waals surface area contributed by atoms with Crippen molar-refractivity contribution in [2.24, 2.45) is 5.92 Å². The third kappa shape index (κ3) is 5.52. The topological polar surface area (TPSA) is 52.6 Å². The van der Waals surface area contributed by atoms with Gasteiger partial charge in [0.1, 0.15) is 11.9 Å². The summed E-state index contributed by atoms with van der Waals surface area (Å²) in [6.07, 6.45) is 7.93. The normalized spacial score (nSPS) is 20.8. The predicted octanol–water partition coefficient (Wildman–Crippen LogP) is 4.22. The molecule has 0 spiro atoms. The molecule has 1 aliphatic rings. The molecule has 0 amide bonds. The molecule has 0 aromatic heterocycles. The maximum atomic E-state index is 12.3. The second-order valence-electron chi connectivity index (χ2n) is 6.23. The number of carbonyl (C=O) groups excluding carboxylic acids is 2. The second kappa shape index (κ2) is 9.26. The first-order chi connectivity index (χ1) is 11.6. The molecule has 130 valence electrons. The van der Waals surface area contributed by atoms with Gasteiger partial charge in [0.25, 0.3) is 0 Å². The number of hydrogen-bond acceptors (Lipinski definition) is 4. The van der Waals surface area contributed by atoms with E-state index in [4.69, 9.17) is 9.47 Å². The lowest BCUT2D eigenvalue weighted by molar-refractivity contribution is -0.147. The van der Waals surface area contributed by atoms with Crippen molar-refractivity contribution >= 4 is 11.9 Å². The average Bonchev–Trinajstić information content (AvgIpc) is 2.57. The molecule has 0 unspecified atom stereocenters. The Morgan fingerprint density at radius 3 is 2.38 bits per heavy atom. The molecule has 0 atom stereocenters. The van der Waals surface area contributed by atoms with Crippen molar-refractivity contribution in [3.05, 3.63) is 42.0 Å². The molecule has 0 aliphatic heterocycles. The van der Waals surface area contributed by atoms with Gasteiger partial charge in [-0.3, -0.25) is 4.79 Å². The monoisotopic (exact) mass is 330 g/mol. The Bertz CT molecular complexity index is 566. The zero-order valence-corrected chi connectivity index (χ0v) is 14.5. The van der Waals surface area contributed by atoms with Gasteiger partial charge in [0.2, 0.25) is 0 Å². The van der Waals surface area contributed by atoms with E-state index in [0.29, 0.717) is 31.4 Å². The van der Waals surface area contributed by atoms with Crippen LogP contribution in [-0.2, 0) is 20.7 Å². The van der Waals surface area contributed by atoms with Crippen LogP contribution in [0.3, 0.4) is 0 Å². The van der Waals surface area contributed by atoms with Gasteiger partial charge in [-0.05, 0) is 56.7 Å². The summed E-state index contributed by atoms with van der Waals surface area (Å²) in [5.41, 5.74) is 1.25. The summed E-state index contributed by atoms with van der Waals surface area (Å²) in [5, 5.41) is 0. The molecule has 4 nitrogen and oxygen atoms in total. The Balaban J connectivity index is 1.79.